The third-order valence-electron chi connectivity index (χ3n) is 4.66. The summed E-state index contributed by atoms with van der Waals surface area (Å²) in [6.45, 7) is 6.43. The third-order valence-corrected chi connectivity index (χ3v) is 6.37. The summed E-state index contributed by atoms with van der Waals surface area (Å²) in [6.07, 6.45) is 6.58. The maximum Gasteiger partial charge on any atom is 0.232 e. The lowest BCUT2D eigenvalue weighted by Crippen LogP contribution is -2.19. The maximum atomic E-state index is 4.74. The molecule has 2 N–H and O–H groups in total. The fourth-order valence-corrected chi connectivity index (χ4v) is 4.22. The van der Waals surface area contributed by atoms with Crippen LogP contribution in [0.1, 0.15) is 39.7 Å². The average Bonchev–Trinajstić information content (AvgIpc) is 3.22. The van der Waals surface area contributed by atoms with Crippen molar-refractivity contribution in [3.63, 3.8) is 0 Å². The molecule has 0 amide bonds. The van der Waals surface area contributed by atoms with Crippen LogP contribution in [0.4, 0.5) is 17.6 Å². The average molecular weight is 483 g/mol. The van der Waals surface area contributed by atoms with Gasteiger partial charge in [0.25, 0.3) is 0 Å². The Labute approximate surface area is 169 Å². The van der Waals surface area contributed by atoms with Gasteiger partial charge in [-0.15, -0.1) is 0 Å². The molecule has 0 spiro atoms. The normalized spacial score (nSPS) is 15.6. The van der Waals surface area contributed by atoms with Crippen molar-refractivity contribution in [2.75, 3.05) is 10.6 Å². The standard InChI is InChI=1S/C17H22IN7S/c1-10(2)24-8-7-14(23-24)20-17-21-15(19-11(3)12-4-5-12)13-6-9-25(26-18)16(13)22-17/h6-12H,4-5H2,1-3H3,(H2,19,20,21,22,23)/t11-/m0/s1. The van der Waals surface area contributed by atoms with Crippen LogP contribution in [0.15, 0.2) is 24.5 Å². The predicted octanol–water partition coefficient (Wildman–Crippen LogP) is 5.01. The first-order chi connectivity index (χ1) is 12.5. The summed E-state index contributed by atoms with van der Waals surface area (Å²) in [6, 6.07) is 4.75. The molecule has 1 aliphatic rings. The number of nitrogens with one attached hydrogen (secondary N) is 2. The number of fused-ring (bicyclic) bond motifs is 1. The van der Waals surface area contributed by atoms with E-state index >= 15 is 0 Å². The second-order valence-electron chi connectivity index (χ2n) is 7.01. The molecule has 1 aliphatic carbocycles. The van der Waals surface area contributed by atoms with Crippen LogP contribution in [0.5, 0.6) is 0 Å². The number of hydrogen-bond acceptors (Lipinski definition) is 6. The van der Waals surface area contributed by atoms with Gasteiger partial charge in [0, 0.05) is 60.9 Å². The van der Waals surface area contributed by atoms with Gasteiger partial charge < -0.3 is 10.6 Å². The van der Waals surface area contributed by atoms with Crippen molar-refractivity contribution in [1.82, 2.24) is 23.7 Å². The summed E-state index contributed by atoms with van der Waals surface area (Å²) in [5.41, 5.74) is 0.899. The van der Waals surface area contributed by atoms with Crippen LogP contribution in [-0.4, -0.2) is 29.8 Å². The zero-order chi connectivity index (χ0) is 18.3. The van der Waals surface area contributed by atoms with E-state index in [9.17, 15) is 0 Å². The van der Waals surface area contributed by atoms with E-state index in [1.807, 2.05) is 27.1 Å². The van der Waals surface area contributed by atoms with Gasteiger partial charge in [0.1, 0.15) is 5.82 Å². The Hall–Kier alpha value is -1.49. The number of halogens is 1. The van der Waals surface area contributed by atoms with Gasteiger partial charge in [-0.3, -0.25) is 8.65 Å². The molecule has 3 aromatic rings. The SMILES string of the molecule is CC(C)n1ccc(Nc2nc(N[C@@H](C)C3CC3)c3ccn(SI)c3n2)n1. The zero-order valence-corrected chi connectivity index (χ0v) is 18.0. The van der Waals surface area contributed by atoms with Gasteiger partial charge in [-0.1, -0.05) is 0 Å². The van der Waals surface area contributed by atoms with E-state index in [4.69, 9.17) is 9.97 Å². The van der Waals surface area contributed by atoms with E-state index in [1.54, 1.807) is 9.12 Å². The molecule has 4 rings (SSSR count). The van der Waals surface area contributed by atoms with Crippen molar-refractivity contribution in [3.05, 3.63) is 24.5 Å². The van der Waals surface area contributed by atoms with Crippen LogP contribution in [0, 0.1) is 5.92 Å². The Morgan fingerprint density at radius 2 is 2.00 bits per heavy atom. The highest BCUT2D eigenvalue weighted by Crippen LogP contribution is 2.35. The maximum absolute atomic E-state index is 4.74. The Morgan fingerprint density at radius 1 is 1.19 bits per heavy atom. The van der Waals surface area contributed by atoms with Crippen molar-refractivity contribution in [2.24, 2.45) is 5.92 Å². The minimum absolute atomic E-state index is 0.318. The molecule has 138 valence electrons. The van der Waals surface area contributed by atoms with Crippen molar-refractivity contribution in [1.29, 1.82) is 0 Å². The minimum Gasteiger partial charge on any atom is -0.367 e. The molecule has 1 atom stereocenters. The predicted molar refractivity (Wildman–Crippen MR) is 116 cm³/mol. The van der Waals surface area contributed by atoms with Crippen LogP contribution >= 0.6 is 30.3 Å². The van der Waals surface area contributed by atoms with E-state index in [-0.39, 0.29) is 0 Å². The lowest BCUT2D eigenvalue weighted by atomic mass is 10.2. The first kappa shape index (κ1) is 17.9. The number of rotatable bonds is 7. The molecule has 0 aromatic carbocycles. The highest BCUT2D eigenvalue weighted by Gasteiger charge is 2.28. The van der Waals surface area contributed by atoms with Crippen LogP contribution in [0.25, 0.3) is 11.0 Å². The number of anilines is 3. The molecule has 1 fully saturated rings. The van der Waals surface area contributed by atoms with Gasteiger partial charge >= 0.3 is 0 Å². The lowest BCUT2D eigenvalue weighted by molar-refractivity contribution is 0.534. The first-order valence-corrected chi connectivity index (χ1v) is 12.1. The monoisotopic (exact) mass is 483 g/mol. The highest BCUT2D eigenvalue weighted by molar-refractivity contribution is 14.2. The van der Waals surface area contributed by atoms with E-state index in [0.717, 1.165) is 28.6 Å². The summed E-state index contributed by atoms with van der Waals surface area (Å²) < 4.78 is 3.96. The molecule has 1 saturated carbocycles. The summed E-state index contributed by atoms with van der Waals surface area (Å²) in [5.74, 6) is 2.94. The molecular weight excluding hydrogens is 461 g/mol. The summed E-state index contributed by atoms with van der Waals surface area (Å²) in [7, 11) is 1.60. The van der Waals surface area contributed by atoms with E-state index in [2.05, 4.69) is 63.8 Å². The third kappa shape index (κ3) is 3.64. The molecular formula is C17H22IN7S. The molecule has 7 nitrogen and oxygen atoms in total. The Kier molecular flexibility index (Phi) is 5.00. The molecule has 0 unspecified atom stereocenters. The van der Waals surface area contributed by atoms with Crippen molar-refractivity contribution < 1.29 is 0 Å². The minimum atomic E-state index is 0.318. The number of aromatic nitrogens is 5. The molecule has 26 heavy (non-hydrogen) atoms. The topological polar surface area (TPSA) is 72.6 Å². The van der Waals surface area contributed by atoms with Crippen LogP contribution in [0.2, 0.25) is 0 Å². The second kappa shape index (κ2) is 7.26. The molecule has 0 aliphatic heterocycles. The number of hydrogen-bond donors (Lipinski definition) is 2. The quantitative estimate of drug-likeness (QED) is 0.461. The van der Waals surface area contributed by atoms with Gasteiger partial charge in [-0.25, -0.2) is 0 Å². The lowest BCUT2D eigenvalue weighted by Gasteiger charge is -2.15. The van der Waals surface area contributed by atoms with Gasteiger partial charge in [0.15, 0.2) is 11.5 Å². The van der Waals surface area contributed by atoms with Crippen LogP contribution < -0.4 is 10.6 Å². The molecule has 0 bridgehead atoms. The second-order valence-corrected chi connectivity index (χ2v) is 8.73. The van der Waals surface area contributed by atoms with E-state index < -0.39 is 0 Å². The zero-order valence-electron chi connectivity index (χ0n) is 15.0. The molecule has 3 aromatic heterocycles. The highest BCUT2D eigenvalue weighted by atomic mass is 127. The fourth-order valence-electron chi connectivity index (χ4n) is 2.95. The summed E-state index contributed by atoms with van der Waals surface area (Å²) >= 11 is 2.26. The van der Waals surface area contributed by atoms with Crippen LogP contribution in [-0.2, 0) is 0 Å². The molecule has 9 heteroatoms. The summed E-state index contributed by atoms with van der Waals surface area (Å²) in [5, 5.41) is 12.4. The van der Waals surface area contributed by atoms with Crippen molar-refractivity contribution in [2.45, 2.75) is 45.7 Å². The van der Waals surface area contributed by atoms with Crippen molar-refractivity contribution >= 4 is 58.9 Å². The number of nitrogens with zero attached hydrogens (tertiary/aromatic N) is 5. The van der Waals surface area contributed by atoms with Gasteiger partial charge in [-0.2, -0.15) is 15.1 Å². The van der Waals surface area contributed by atoms with Crippen molar-refractivity contribution in [3.8, 4) is 0 Å². The van der Waals surface area contributed by atoms with Gasteiger partial charge in [0.2, 0.25) is 5.95 Å². The molecule has 3 heterocycles. The van der Waals surface area contributed by atoms with Gasteiger partial charge in [0.05, 0.1) is 5.39 Å². The summed E-state index contributed by atoms with van der Waals surface area (Å²) in [4.78, 5) is 9.45. The van der Waals surface area contributed by atoms with E-state index in [0.29, 0.717) is 18.0 Å². The molecule has 0 saturated heterocycles. The van der Waals surface area contributed by atoms with Gasteiger partial charge in [-0.05, 0) is 45.6 Å². The van der Waals surface area contributed by atoms with E-state index in [1.165, 1.54) is 12.8 Å². The smallest absolute Gasteiger partial charge is 0.232 e. The first-order valence-electron chi connectivity index (χ1n) is 8.82. The van der Waals surface area contributed by atoms with Crippen LogP contribution in [0.3, 0.4) is 0 Å². The Bertz CT molecular complexity index is 915. The Morgan fingerprint density at radius 3 is 2.65 bits per heavy atom. The fraction of sp³-hybridized carbons (Fsp3) is 0.471. The Balaban J connectivity index is 1.68. The molecule has 0 radical (unpaired) electrons. The largest absolute Gasteiger partial charge is 0.367 e.